The minimum absolute atomic E-state index is 0.384. The van der Waals surface area contributed by atoms with Gasteiger partial charge in [-0.05, 0) is 45.1 Å². The van der Waals surface area contributed by atoms with Crippen LogP contribution in [0.25, 0.3) is 0 Å². The average Bonchev–Trinajstić information content (AvgIpc) is 2.30. The Morgan fingerprint density at radius 1 is 1.24 bits per heavy atom. The van der Waals surface area contributed by atoms with Gasteiger partial charge in [0.15, 0.2) is 0 Å². The van der Waals surface area contributed by atoms with Gasteiger partial charge in [-0.15, -0.1) is 0 Å². The highest BCUT2D eigenvalue weighted by Gasteiger charge is 2.32. The molecular formula is C15H32N2. The summed E-state index contributed by atoms with van der Waals surface area (Å²) in [7, 11) is 2.27. The molecule has 0 aliphatic heterocycles. The fraction of sp³-hybridized carbons (Fsp3) is 1.00. The lowest BCUT2D eigenvalue weighted by Crippen LogP contribution is -2.53. The van der Waals surface area contributed by atoms with E-state index in [1.807, 2.05) is 0 Å². The molecule has 0 bridgehead atoms. The van der Waals surface area contributed by atoms with E-state index in [9.17, 15) is 0 Å². The lowest BCUT2D eigenvalue weighted by Gasteiger charge is -2.43. The summed E-state index contributed by atoms with van der Waals surface area (Å²) < 4.78 is 0. The van der Waals surface area contributed by atoms with Crippen molar-refractivity contribution in [1.29, 1.82) is 0 Å². The standard InChI is InChI=1S/C15H32N2/c1-6-7-13-8-9-14(16)15(10-13)17(5)12(4)11(2)3/h11-15H,6-10,16H2,1-5H3. The number of nitrogens with two attached hydrogens (primary N) is 1. The zero-order chi connectivity index (χ0) is 13.0. The molecule has 1 aliphatic carbocycles. The third-order valence-electron chi connectivity index (χ3n) is 4.80. The maximum atomic E-state index is 6.33. The van der Waals surface area contributed by atoms with E-state index < -0.39 is 0 Å². The molecule has 0 radical (unpaired) electrons. The van der Waals surface area contributed by atoms with E-state index in [1.54, 1.807) is 0 Å². The van der Waals surface area contributed by atoms with Crippen molar-refractivity contribution in [3.8, 4) is 0 Å². The lowest BCUT2D eigenvalue weighted by molar-refractivity contribution is 0.0820. The highest BCUT2D eigenvalue weighted by molar-refractivity contribution is 4.90. The van der Waals surface area contributed by atoms with Crippen LogP contribution in [0, 0.1) is 11.8 Å². The molecule has 1 saturated carbocycles. The number of nitrogens with zero attached hydrogens (tertiary/aromatic N) is 1. The van der Waals surface area contributed by atoms with Crippen molar-refractivity contribution in [2.24, 2.45) is 17.6 Å². The number of hydrogen-bond acceptors (Lipinski definition) is 2. The normalized spacial score (nSPS) is 32.1. The van der Waals surface area contributed by atoms with Crippen molar-refractivity contribution in [3.63, 3.8) is 0 Å². The van der Waals surface area contributed by atoms with Crippen molar-refractivity contribution >= 4 is 0 Å². The molecule has 1 fully saturated rings. The summed E-state index contributed by atoms with van der Waals surface area (Å²) in [6.07, 6.45) is 6.56. The monoisotopic (exact) mass is 240 g/mol. The minimum Gasteiger partial charge on any atom is -0.326 e. The van der Waals surface area contributed by atoms with Gasteiger partial charge in [0.05, 0.1) is 0 Å². The van der Waals surface area contributed by atoms with Crippen LogP contribution in [0.5, 0.6) is 0 Å². The zero-order valence-corrected chi connectivity index (χ0v) is 12.4. The van der Waals surface area contributed by atoms with Gasteiger partial charge in [0.1, 0.15) is 0 Å². The van der Waals surface area contributed by atoms with Gasteiger partial charge in [0.2, 0.25) is 0 Å². The Bertz CT molecular complexity index is 215. The Labute approximate surface area is 108 Å². The summed E-state index contributed by atoms with van der Waals surface area (Å²) in [5.41, 5.74) is 6.33. The second-order valence-corrected chi connectivity index (χ2v) is 6.35. The number of likely N-dealkylation sites (N-methyl/N-ethyl adjacent to an activating group) is 1. The van der Waals surface area contributed by atoms with Crippen LogP contribution in [0.15, 0.2) is 0 Å². The van der Waals surface area contributed by atoms with Gasteiger partial charge in [-0.3, -0.25) is 4.90 Å². The van der Waals surface area contributed by atoms with Crippen LogP contribution >= 0.6 is 0 Å². The molecule has 0 aromatic heterocycles. The van der Waals surface area contributed by atoms with E-state index in [2.05, 4.69) is 39.6 Å². The van der Waals surface area contributed by atoms with Gasteiger partial charge in [-0.25, -0.2) is 0 Å². The highest BCUT2D eigenvalue weighted by Crippen LogP contribution is 2.31. The Kier molecular flexibility index (Phi) is 5.94. The fourth-order valence-corrected chi connectivity index (χ4v) is 3.17. The molecule has 0 spiro atoms. The topological polar surface area (TPSA) is 29.3 Å². The van der Waals surface area contributed by atoms with Crippen molar-refractivity contribution in [1.82, 2.24) is 4.90 Å². The second kappa shape index (κ2) is 6.75. The minimum atomic E-state index is 0.384. The van der Waals surface area contributed by atoms with Crippen molar-refractivity contribution in [2.45, 2.75) is 77.9 Å². The maximum Gasteiger partial charge on any atom is 0.0249 e. The SMILES string of the molecule is CCCC1CCC(N)C(N(C)C(C)C(C)C)C1. The first-order chi connectivity index (χ1) is 7.97. The van der Waals surface area contributed by atoms with Crippen LogP contribution in [-0.2, 0) is 0 Å². The van der Waals surface area contributed by atoms with Crippen LogP contribution < -0.4 is 5.73 Å². The van der Waals surface area contributed by atoms with Crippen LogP contribution in [0.4, 0.5) is 0 Å². The quantitative estimate of drug-likeness (QED) is 0.799. The first kappa shape index (κ1) is 15.0. The van der Waals surface area contributed by atoms with E-state index in [-0.39, 0.29) is 0 Å². The largest absolute Gasteiger partial charge is 0.326 e. The van der Waals surface area contributed by atoms with Crippen molar-refractivity contribution in [3.05, 3.63) is 0 Å². The van der Waals surface area contributed by atoms with Crippen LogP contribution in [-0.4, -0.2) is 30.1 Å². The zero-order valence-electron chi connectivity index (χ0n) is 12.4. The molecule has 4 unspecified atom stereocenters. The molecule has 17 heavy (non-hydrogen) atoms. The number of rotatable bonds is 5. The van der Waals surface area contributed by atoms with Crippen molar-refractivity contribution < 1.29 is 0 Å². The Morgan fingerprint density at radius 3 is 2.41 bits per heavy atom. The second-order valence-electron chi connectivity index (χ2n) is 6.35. The maximum absolute atomic E-state index is 6.33. The highest BCUT2D eigenvalue weighted by atomic mass is 15.2. The summed E-state index contributed by atoms with van der Waals surface area (Å²) in [6.45, 7) is 9.24. The van der Waals surface area contributed by atoms with E-state index in [0.29, 0.717) is 24.0 Å². The molecule has 1 aliphatic rings. The molecule has 4 atom stereocenters. The van der Waals surface area contributed by atoms with E-state index in [4.69, 9.17) is 5.73 Å². The Hall–Kier alpha value is -0.0800. The van der Waals surface area contributed by atoms with E-state index in [1.165, 1.54) is 32.1 Å². The first-order valence-electron chi connectivity index (χ1n) is 7.44. The average molecular weight is 240 g/mol. The molecule has 1 rings (SSSR count). The summed E-state index contributed by atoms with van der Waals surface area (Å²) >= 11 is 0. The molecule has 2 nitrogen and oxygen atoms in total. The molecular weight excluding hydrogens is 208 g/mol. The number of hydrogen-bond donors (Lipinski definition) is 1. The molecule has 2 heteroatoms. The molecule has 0 amide bonds. The predicted octanol–water partition coefficient (Wildman–Crippen LogP) is 3.26. The Morgan fingerprint density at radius 2 is 1.88 bits per heavy atom. The molecule has 102 valence electrons. The first-order valence-corrected chi connectivity index (χ1v) is 7.44. The lowest BCUT2D eigenvalue weighted by atomic mass is 9.79. The van der Waals surface area contributed by atoms with Crippen LogP contribution in [0.3, 0.4) is 0 Å². The molecule has 0 aromatic rings. The van der Waals surface area contributed by atoms with Crippen molar-refractivity contribution in [2.75, 3.05) is 7.05 Å². The Balaban J connectivity index is 2.59. The van der Waals surface area contributed by atoms with Gasteiger partial charge in [-0.1, -0.05) is 33.6 Å². The van der Waals surface area contributed by atoms with Gasteiger partial charge >= 0.3 is 0 Å². The summed E-state index contributed by atoms with van der Waals surface area (Å²) in [6, 6.07) is 1.61. The third kappa shape index (κ3) is 3.96. The smallest absolute Gasteiger partial charge is 0.0249 e. The van der Waals surface area contributed by atoms with E-state index >= 15 is 0 Å². The van der Waals surface area contributed by atoms with Gasteiger partial charge < -0.3 is 5.73 Å². The summed E-state index contributed by atoms with van der Waals surface area (Å²) in [5.74, 6) is 1.62. The van der Waals surface area contributed by atoms with Crippen LogP contribution in [0.1, 0.15) is 59.8 Å². The molecule has 0 aromatic carbocycles. The summed E-state index contributed by atoms with van der Waals surface area (Å²) in [5, 5.41) is 0. The summed E-state index contributed by atoms with van der Waals surface area (Å²) in [4.78, 5) is 2.54. The fourth-order valence-electron chi connectivity index (χ4n) is 3.17. The molecule has 0 saturated heterocycles. The van der Waals surface area contributed by atoms with Gasteiger partial charge in [-0.2, -0.15) is 0 Å². The third-order valence-corrected chi connectivity index (χ3v) is 4.80. The predicted molar refractivity (Wildman–Crippen MR) is 76.1 cm³/mol. The van der Waals surface area contributed by atoms with Gasteiger partial charge in [0, 0.05) is 18.1 Å². The van der Waals surface area contributed by atoms with Gasteiger partial charge in [0.25, 0.3) is 0 Å². The molecule has 2 N–H and O–H groups in total. The van der Waals surface area contributed by atoms with Crippen LogP contribution in [0.2, 0.25) is 0 Å². The van der Waals surface area contributed by atoms with E-state index in [0.717, 1.165) is 5.92 Å². The molecule has 0 heterocycles.